The number of fused-ring (bicyclic) bond motifs is 1. The molecule has 1 aromatic carbocycles. The van der Waals surface area contributed by atoms with Crippen LogP contribution in [0.5, 0.6) is 0 Å². The quantitative estimate of drug-likeness (QED) is 0.136. The van der Waals surface area contributed by atoms with Crippen molar-refractivity contribution in [2.24, 2.45) is 0 Å². The first-order valence-corrected chi connectivity index (χ1v) is 19.2. The Morgan fingerprint density at radius 2 is 0.820 bits per heavy atom. The molecule has 0 fully saturated rings. The number of carbonyl (C=O) groups excluding carboxylic acids is 2. The lowest BCUT2D eigenvalue weighted by Crippen LogP contribution is -2.20. The highest BCUT2D eigenvalue weighted by Crippen LogP contribution is 2.28. The van der Waals surface area contributed by atoms with E-state index in [2.05, 4.69) is 112 Å². The van der Waals surface area contributed by atoms with Crippen LogP contribution in [0.25, 0.3) is 0 Å². The fourth-order valence-corrected chi connectivity index (χ4v) is 5.79. The van der Waals surface area contributed by atoms with Crippen LogP contribution in [0.3, 0.4) is 0 Å². The van der Waals surface area contributed by atoms with E-state index in [4.69, 9.17) is 0 Å². The third-order valence-corrected chi connectivity index (χ3v) is 9.20. The number of rotatable bonds is 19. The van der Waals surface area contributed by atoms with E-state index in [1.54, 1.807) is 24.6 Å². The standard InChI is InChI=1S/C26H32O2.C22H38/c1-18(2)10-8-11-19(3)12-9-13-20(4)16-17-22-21(5)25(27)23-14-6-7-15-24(23)26(22)28;1-7-8-13-20(4)15-10-17-22(6)18-11-16-21(5)14-9-12-19(2)3/h6-7,10,12,14-16H,8-9,11,13,17H2,1-5H3;12-13,16-17H,7-11,14-15,18H2,1-6H3/b19-12+,20-16+;20-13+,21-16+,22-17+. The molecule has 2 nitrogen and oxygen atoms in total. The van der Waals surface area contributed by atoms with Gasteiger partial charge < -0.3 is 0 Å². The minimum atomic E-state index is -0.0221. The van der Waals surface area contributed by atoms with Gasteiger partial charge in [-0.15, -0.1) is 0 Å². The van der Waals surface area contributed by atoms with E-state index in [-0.39, 0.29) is 11.6 Å². The van der Waals surface area contributed by atoms with Crippen molar-refractivity contribution in [3.8, 4) is 0 Å². The number of unbranched alkanes of at least 4 members (excludes halogenated alkanes) is 1. The van der Waals surface area contributed by atoms with E-state index in [1.807, 2.05) is 12.1 Å². The van der Waals surface area contributed by atoms with Gasteiger partial charge in [0.1, 0.15) is 0 Å². The lowest BCUT2D eigenvalue weighted by molar-refractivity contribution is 0.0973. The molecule has 1 aliphatic rings. The summed E-state index contributed by atoms with van der Waals surface area (Å²) in [6.45, 7) is 23.7. The largest absolute Gasteiger partial charge is 0.289 e. The molecule has 0 amide bonds. The summed E-state index contributed by atoms with van der Waals surface area (Å²) in [5.41, 5.74) is 12.4. The van der Waals surface area contributed by atoms with Crippen LogP contribution in [-0.4, -0.2) is 11.6 Å². The number of carbonyl (C=O) groups is 2. The molecule has 0 aliphatic heterocycles. The van der Waals surface area contributed by atoms with Gasteiger partial charge in [-0.1, -0.05) is 119 Å². The average Bonchev–Trinajstić information content (AvgIpc) is 3.06. The summed E-state index contributed by atoms with van der Waals surface area (Å²) < 4.78 is 0. The summed E-state index contributed by atoms with van der Waals surface area (Å²) in [5.74, 6) is -0.0297. The topological polar surface area (TPSA) is 34.1 Å². The molecule has 0 spiro atoms. The molecular formula is C48H70O2. The van der Waals surface area contributed by atoms with Crippen LogP contribution >= 0.6 is 0 Å². The van der Waals surface area contributed by atoms with E-state index >= 15 is 0 Å². The van der Waals surface area contributed by atoms with Gasteiger partial charge in [0.15, 0.2) is 11.6 Å². The van der Waals surface area contributed by atoms with E-state index in [0.717, 1.165) is 25.7 Å². The van der Waals surface area contributed by atoms with Crippen molar-refractivity contribution in [2.45, 2.75) is 160 Å². The third kappa shape index (κ3) is 19.0. The molecule has 0 unspecified atom stereocenters. The van der Waals surface area contributed by atoms with Crippen LogP contribution in [0, 0.1) is 0 Å². The van der Waals surface area contributed by atoms with Gasteiger partial charge in [0.25, 0.3) is 0 Å². The Bertz CT molecular complexity index is 1480. The molecule has 0 heterocycles. The van der Waals surface area contributed by atoms with Crippen LogP contribution < -0.4 is 0 Å². The number of benzene rings is 1. The van der Waals surface area contributed by atoms with E-state index in [0.29, 0.717) is 28.7 Å². The zero-order valence-electron chi connectivity index (χ0n) is 33.9. The monoisotopic (exact) mass is 679 g/mol. The zero-order valence-corrected chi connectivity index (χ0v) is 33.9. The molecular weight excluding hydrogens is 609 g/mol. The molecule has 0 saturated carbocycles. The SMILES string of the molecule is CC(C)=CCC/C(C)=C/CC/C(C)=C/CC1=C(C)C(=O)c2ccccc2C1=O.CCC/C=C(\C)CC/C=C(\C)CC/C=C(\C)CCC=C(C)C. The number of allylic oxidation sites excluding steroid dienone is 16. The molecule has 50 heavy (non-hydrogen) atoms. The average molecular weight is 679 g/mol. The molecule has 1 aromatic rings. The van der Waals surface area contributed by atoms with Gasteiger partial charge in [-0.05, 0) is 146 Å². The molecule has 274 valence electrons. The highest BCUT2D eigenvalue weighted by Gasteiger charge is 2.28. The minimum Gasteiger partial charge on any atom is -0.289 e. The molecule has 0 radical (unpaired) electrons. The second kappa shape index (κ2) is 25.4. The molecule has 1 aliphatic carbocycles. The first-order valence-electron chi connectivity index (χ1n) is 19.2. The Labute approximate surface area is 308 Å². The summed E-state index contributed by atoms with van der Waals surface area (Å²) in [6, 6.07) is 7.11. The summed E-state index contributed by atoms with van der Waals surface area (Å²) in [5, 5.41) is 0. The lowest BCUT2D eigenvalue weighted by atomic mass is 9.83. The van der Waals surface area contributed by atoms with Crippen molar-refractivity contribution in [3.05, 3.63) is 128 Å². The normalized spacial score (nSPS) is 14.3. The number of hydrogen-bond acceptors (Lipinski definition) is 2. The van der Waals surface area contributed by atoms with Crippen molar-refractivity contribution < 1.29 is 9.59 Å². The van der Waals surface area contributed by atoms with Crippen LogP contribution in [0.15, 0.2) is 117 Å². The van der Waals surface area contributed by atoms with Crippen molar-refractivity contribution >= 4 is 11.6 Å². The maximum Gasteiger partial charge on any atom is 0.190 e. The predicted octanol–water partition coefficient (Wildman–Crippen LogP) is 15.1. The lowest BCUT2D eigenvalue weighted by Gasteiger charge is -2.18. The molecule has 0 N–H and O–H groups in total. The summed E-state index contributed by atoms with van der Waals surface area (Å²) >= 11 is 0. The van der Waals surface area contributed by atoms with Gasteiger partial charge in [-0.25, -0.2) is 0 Å². The van der Waals surface area contributed by atoms with Gasteiger partial charge in [0, 0.05) is 22.3 Å². The molecule has 0 saturated heterocycles. The Morgan fingerprint density at radius 3 is 1.20 bits per heavy atom. The molecule has 2 heteroatoms. The molecule has 0 aromatic heterocycles. The first kappa shape index (κ1) is 44.5. The van der Waals surface area contributed by atoms with E-state index < -0.39 is 0 Å². The van der Waals surface area contributed by atoms with Gasteiger partial charge in [-0.2, -0.15) is 0 Å². The number of ketones is 2. The van der Waals surface area contributed by atoms with Crippen LogP contribution in [0.4, 0.5) is 0 Å². The Morgan fingerprint density at radius 1 is 0.480 bits per heavy atom. The summed E-state index contributed by atoms with van der Waals surface area (Å²) in [4.78, 5) is 25.3. The highest BCUT2D eigenvalue weighted by molar-refractivity contribution is 6.26. The second-order valence-electron chi connectivity index (χ2n) is 14.8. The second-order valence-corrected chi connectivity index (χ2v) is 14.8. The maximum absolute atomic E-state index is 12.8. The van der Waals surface area contributed by atoms with Gasteiger partial charge in [-0.3, -0.25) is 9.59 Å². The smallest absolute Gasteiger partial charge is 0.190 e. The molecule has 0 atom stereocenters. The van der Waals surface area contributed by atoms with Crippen molar-refractivity contribution in [3.63, 3.8) is 0 Å². The number of hydrogen-bond donors (Lipinski definition) is 0. The van der Waals surface area contributed by atoms with Crippen molar-refractivity contribution in [2.75, 3.05) is 0 Å². The number of Topliss-reactive ketones (excluding diaryl/α,β-unsaturated/α-hetero) is 2. The van der Waals surface area contributed by atoms with Crippen LogP contribution in [0.1, 0.15) is 180 Å². The fourth-order valence-electron chi connectivity index (χ4n) is 5.79. The summed E-state index contributed by atoms with van der Waals surface area (Å²) in [7, 11) is 0. The Hall–Kier alpha value is -3.52. The minimum absolute atomic E-state index is 0.00763. The Balaban J connectivity index is 0.000000517. The summed E-state index contributed by atoms with van der Waals surface area (Å²) in [6.07, 6.45) is 30.7. The van der Waals surface area contributed by atoms with Gasteiger partial charge >= 0.3 is 0 Å². The van der Waals surface area contributed by atoms with Crippen molar-refractivity contribution in [1.29, 1.82) is 0 Å². The molecule has 0 bridgehead atoms. The van der Waals surface area contributed by atoms with Crippen LogP contribution in [-0.2, 0) is 0 Å². The highest BCUT2D eigenvalue weighted by atomic mass is 16.1. The zero-order chi connectivity index (χ0) is 37.5. The van der Waals surface area contributed by atoms with Gasteiger partial charge in [0.05, 0.1) is 0 Å². The predicted molar refractivity (Wildman–Crippen MR) is 221 cm³/mol. The molecule has 2 rings (SSSR count). The first-order chi connectivity index (χ1) is 23.8. The Kier molecular flexibility index (Phi) is 22.6. The van der Waals surface area contributed by atoms with Crippen LogP contribution in [0.2, 0.25) is 0 Å². The van der Waals surface area contributed by atoms with Crippen molar-refractivity contribution in [1.82, 2.24) is 0 Å². The van der Waals surface area contributed by atoms with E-state index in [9.17, 15) is 9.59 Å². The van der Waals surface area contributed by atoms with Gasteiger partial charge in [0.2, 0.25) is 0 Å². The van der Waals surface area contributed by atoms with E-state index in [1.165, 1.54) is 84.8 Å². The fraction of sp³-hybridized carbons (Fsp3) is 0.500. The third-order valence-electron chi connectivity index (χ3n) is 9.20. The maximum atomic E-state index is 12.8.